The number of nitrogens with zero attached hydrogens (tertiary/aromatic N) is 2. The van der Waals surface area contributed by atoms with Crippen molar-refractivity contribution in [3.05, 3.63) is 54.0 Å². The molecule has 1 aromatic heterocycles. The molecule has 1 fully saturated rings. The molecule has 3 rings (SSSR count). The van der Waals surface area contributed by atoms with Gasteiger partial charge in [-0.25, -0.2) is 8.42 Å². The first-order valence-electron chi connectivity index (χ1n) is 8.02. The molecule has 2 heterocycles. The van der Waals surface area contributed by atoms with Gasteiger partial charge in [-0.15, -0.1) is 0 Å². The van der Waals surface area contributed by atoms with Crippen LogP contribution in [-0.4, -0.2) is 56.6 Å². The van der Waals surface area contributed by atoms with Gasteiger partial charge in [-0.2, -0.15) is 0 Å². The first-order valence-corrected chi connectivity index (χ1v) is 9.92. The van der Waals surface area contributed by atoms with Gasteiger partial charge in [-0.3, -0.25) is 14.4 Å². The molecule has 0 aliphatic carbocycles. The predicted molar refractivity (Wildman–Crippen MR) is 94.8 cm³/mol. The number of sulfonamides is 1. The number of hydrogen-bond donors (Lipinski definition) is 1. The van der Waals surface area contributed by atoms with Crippen molar-refractivity contribution in [3.8, 4) is 0 Å². The Balaban J connectivity index is 1.55. The molecule has 0 radical (unpaired) electrons. The quantitative estimate of drug-likeness (QED) is 0.873. The van der Waals surface area contributed by atoms with Crippen molar-refractivity contribution < 1.29 is 17.6 Å². The van der Waals surface area contributed by atoms with Gasteiger partial charge in [0, 0.05) is 37.4 Å². The molecule has 0 spiro atoms. The average Bonchev–Trinajstić information content (AvgIpc) is 3.07. The zero-order valence-electron chi connectivity index (χ0n) is 14.0. The molecule has 1 saturated heterocycles. The molecular formula is C17H21N3O4S. The Hall–Kier alpha value is -2.32. The lowest BCUT2D eigenvalue weighted by Gasteiger charge is -2.34. The van der Waals surface area contributed by atoms with E-state index in [1.54, 1.807) is 30.5 Å². The van der Waals surface area contributed by atoms with Crippen LogP contribution in [0.1, 0.15) is 16.1 Å². The summed E-state index contributed by atoms with van der Waals surface area (Å²) in [5.41, 5.74) is 1.00. The van der Waals surface area contributed by atoms with E-state index in [0.717, 1.165) is 31.7 Å². The van der Waals surface area contributed by atoms with Crippen LogP contribution in [0.4, 0.5) is 5.69 Å². The SMILES string of the molecule is CS(=O)(=O)Nc1ccc(C(=O)N2CCN(Cc3ccco3)CC2)cc1. The Bertz CT molecular complexity index is 808. The second-order valence-electron chi connectivity index (χ2n) is 6.10. The lowest BCUT2D eigenvalue weighted by atomic mass is 10.1. The molecule has 1 aliphatic heterocycles. The summed E-state index contributed by atoms with van der Waals surface area (Å²) in [5, 5.41) is 0. The Morgan fingerprint density at radius 3 is 2.36 bits per heavy atom. The fraction of sp³-hybridized carbons (Fsp3) is 0.353. The maximum Gasteiger partial charge on any atom is 0.253 e. The van der Waals surface area contributed by atoms with E-state index in [2.05, 4.69) is 9.62 Å². The number of amides is 1. The number of rotatable bonds is 5. The molecule has 25 heavy (non-hydrogen) atoms. The zero-order chi connectivity index (χ0) is 17.9. The van der Waals surface area contributed by atoms with E-state index in [1.165, 1.54) is 0 Å². The third kappa shape index (κ3) is 4.83. The average molecular weight is 363 g/mol. The summed E-state index contributed by atoms with van der Waals surface area (Å²) >= 11 is 0. The van der Waals surface area contributed by atoms with Crippen LogP contribution < -0.4 is 4.72 Å². The summed E-state index contributed by atoms with van der Waals surface area (Å²) in [6, 6.07) is 10.3. The highest BCUT2D eigenvalue weighted by Crippen LogP contribution is 2.15. The number of piperazine rings is 1. The van der Waals surface area contributed by atoms with Crippen LogP contribution in [0.2, 0.25) is 0 Å². The van der Waals surface area contributed by atoms with E-state index in [9.17, 15) is 13.2 Å². The lowest BCUT2D eigenvalue weighted by molar-refractivity contribution is 0.0620. The maximum atomic E-state index is 12.6. The molecule has 0 saturated carbocycles. The number of nitrogens with one attached hydrogen (secondary N) is 1. The molecule has 1 aliphatic rings. The second kappa shape index (κ2) is 7.28. The summed E-state index contributed by atoms with van der Waals surface area (Å²) in [7, 11) is -3.32. The van der Waals surface area contributed by atoms with Crippen molar-refractivity contribution in [1.29, 1.82) is 0 Å². The number of anilines is 1. The Morgan fingerprint density at radius 2 is 1.80 bits per heavy atom. The summed E-state index contributed by atoms with van der Waals surface area (Å²) in [5.74, 6) is 0.886. The minimum atomic E-state index is -3.32. The monoisotopic (exact) mass is 363 g/mol. The third-order valence-electron chi connectivity index (χ3n) is 4.05. The van der Waals surface area contributed by atoms with Crippen LogP contribution in [0.25, 0.3) is 0 Å². The number of carbonyl (C=O) groups excluding carboxylic acids is 1. The van der Waals surface area contributed by atoms with Crippen LogP contribution >= 0.6 is 0 Å². The van der Waals surface area contributed by atoms with Gasteiger partial charge >= 0.3 is 0 Å². The second-order valence-corrected chi connectivity index (χ2v) is 7.85. The Labute approximate surface area is 147 Å². The van der Waals surface area contributed by atoms with Crippen molar-refractivity contribution in [1.82, 2.24) is 9.80 Å². The van der Waals surface area contributed by atoms with Crippen LogP contribution in [0, 0.1) is 0 Å². The molecule has 1 amide bonds. The number of hydrogen-bond acceptors (Lipinski definition) is 5. The van der Waals surface area contributed by atoms with E-state index < -0.39 is 10.0 Å². The van der Waals surface area contributed by atoms with Gasteiger partial charge in [-0.1, -0.05) is 0 Å². The number of furan rings is 1. The van der Waals surface area contributed by atoms with Gasteiger partial charge in [0.25, 0.3) is 5.91 Å². The normalized spacial score (nSPS) is 16.0. The molecule has 7 nitrogen and oxygen atoms in total. The van der Waals surface area contributed by atoms with E-state index >= 15 is 0 Å². The molecule has 8 heteroatoms. The van der Waals surface area contributed by atoms with Crippen molar-refractivity contribution in [3.63, 3.8) is 0 Å². The molecule has 0 bridgehead atoms. The van der Waals surface area contributed by atoms with E-state index in [-0.39, 0.29) is 5.91 Å². The van der Waals surface area contributed by atoms with Crippen molar-refractivity contribution in [2.45, 2.75) is 6.54 Å². The minimum absolute atomic E-state index is 0.0384. The highest BCUT2D eigenvalue weighted by Gasteiger charge is 2.22. The number of benzene rings is 1. The van der Waals surface area contributed by atoms with E-state index in [4.69, 9.17) is 4.42 Å². The van der Waals surface area contributed by atoms with Gasteiger partial charge in [0.05, 0.1) is 19.1 Å². The first-order chi connectivity index (χ1) is 11.9. The van der Waals surface area contributed by atoms with Crippen LogP contribution in [0.5, 0.6) is 0 Å². The van der Waals surface area contributed by atoms with E-state index in [0.29, 0.717) is 24.3 Å². The maximum absolute atomic E-state index is 12.6. The molecule has 0 unspecified atom stereocenters. The molecule has 1 N–H and O–H groups in total. The third-order valence-corrected chi connectivity index (χ3v) is 4.66. The minimum Gasteiger partial charge on any atom is -0.468 e. The van der Waals surface area contributed by atoms with Crippen LogP contribution in [0.15, 0.2) is 47.1 Å². The summed E-state index contributed by atoms with van der Waals surface area (Å²) in [4.78, 5) is 16.6. The lowest BCUT2D eigenvalue weighted by Crippen LogP contribution is -2.48. The zero-order valence-corrected chi connectivity index (χ0v) is 14.8. The van der Waals surface area contributed by atoms with Gasteiger partial charge in [0.2, 0.25) is 10.0 Å². The molecule has 0 atom stereocenters. The molecular weight excluding hydrogens is 342 g/mol. The molecule has 1 aromatic carbocycles. The summed E-state index contributed by atoms with van der Waals surface area (Å²) in [6.07, 6.45) is 2.76. The summed E-state index contributed by atoms with van der Waals surface area (Å²) < 4.78 is 30.2. The van der Waals surface area contributed by atoms with Crippen molar-refractivity contribution in [2.24, 2.45) is 0 Å². The first kappa shape index (κ1) is 17.5. The Morgan fingerprint density at radius 1 is 1.12 bits per heavy atom. The molecule has 134 valence electrons. The fourth-order valence-electron chi connectivity index (χ4n) is 2.81. The van der Waals surface area contributed by atoms with E-state index in [1.807, 2.05) is 17.0 Å². The van der Waals surface area contributed by atoms with Crippen molar-refractivity contribution in [2.75, 3.05) is 37.2 Å². The predicted octanol–water partition coefficient (Wildman–Crippen LogP) is 1.61. The van der Waals surface area contributed by atoms with Crippen molar-refractivity contribution >= 4 is 21.6 Å². The number of carbonyl (C=O) groups is 1. The summed E-state index contributed by atoms with van der Waals surface area (Å²) in [6.45, 7) is 3.65. The van der Waals surface area contributed by atoms with Crippen LogP contribution in [0.3, 0.4) is 0 Å². The van der Waals surface area contributed by atoms with Crippen LogP contribution in [-0.2, 0) is 16.6 Å². The van der Waals surface area contributed by atoms with Gasteiger partial charge < -0.3 is 9.32 Å². The van der Waals surface area contributed by atoms with Gasteiger partial charge in [-0.05, 0) is 36.4 Å². The molecule has 2 aromatic rings. The Kier molecular flexibility index (Phi) is 5.10. The highest BCUT2D eigenvalue weighted by molar-refractivity contribution is 7.92. The van der Waals surface area contributed by atoms with Gasteiger partial charge in [0.1, 0.15) is 5.76 Å². The van der Waals surface area contributed by atoms with Gasteiger partial charge in [0.15, 0.2) is 0 Å². The topological polar surface area (TPSA) is 82.9 Å². The highest BCUT2D eigenvalue weighted by atomic mass is 32.2. The fourth-order valence-corrected chi connectivity index (χ4v) is 3.37. The largest absolute Gasteiger partial charge is 0.468 e. The smallest absolute Gasteiger partial charge is 0.253 e. The standard InChI is InChI=1S/C17H21N3O4S/c1-25(22,23)18-15-6-4-14(5-7-15)17(21)20-10-8-19(9-11-20)13-16-3-2-12-24-16/h2-7,12,18H,8-11,13H2,1H3.